The fourth-order valence-corrected chi connectivity index (χ4v) is 3.88. The molecule has 6 nitrogen and oxygen atoms in total. The first-order valence-corrected chi connectivity index (χ1v) is 8.68. The van der Waals surface area contributed by atoms with E-state index in [4.69, 9.17) is 0 Å². The lowest BCUT2D eigenvalue weighted by Gasteiger charge is -2.34. The Morgan fingerprint density at radius 1 is 1.40 bits per heavy atom. The van der Waals surface area contributed by atoms with E-state index in [1.165, 1.54) is 0 Å². The molecule has 0 aromatic carbocycles. The van der Waals surface area contributed by atoms with Crippen molar-refractivity contribution < 1.29 is 8.42 Å². The molecular formula is C13H22N4O2S. The van der Waals surface area contributed by atoms with Gasteiger partial charge >= 0.3 is 0 Å². The number of hydrogen-bond acceptors (Lipinski definition) is 6. The van der Waals surface area contributed by atoms with E-state index in [2.05, 4.69) is 20.2 Å². The summed E-state index contributed by atoms with van der Waals surface area (Å²) in [5, 5.41) is 3.04. The van der Waals surface area contributed by atoms with E-state index in [0.717, 1.165) is 17.5 Å². The Morgan fingerprint density at radius 3 is 2.65 bits per heavy atom. The van der Waals surface area contributed by atoms with Crippen molar-refractivity contribution in [2.45, 2.75) is 32.7 Å². The number of anilines is 2. The van der Waals surface area contributed by atoms with E-state index in [0.29, 0.717) is 6.54 Å². The number of nitrogens with one attached hydrogen (secondary N) is 1. The quantitative estimate of drug-likeness (QED) is 0.905. The van der Waals surface area contributed by atoms with Crippen LogP contribution in [0.2, 0.25) is 0 Å². The van der Waals surface area contributed by atoms with Gasteiger partial charge in [0.15, 0.2) is 9.84 Å². The van der Waals surface area contributed by atoms with Crippen LogP contribution in [0.25, 0.3) is 0 Å². The summed E-state index contributed by atoms with van der Waals surface area (Å²) < 4.78 is 23.3. The predicted octanol–water partition coefficient (Wildman–Crippen LogP) is 1.26. The molecular weight excluding hydrogens is 276 g/mol. The minimum atomic E-state index is -2.92. The second kappa shape index (κ2) is 5.55. The summed E-state index contributed by atoms with van der Waals surface area (Å²) in [6.07, 6.45) is 0. The molecule has 0 aliphatic carbocycles. The highest BCUT2D eigenvalue weighted by Gasteiger charge is 2.29. The highest BCUT2D eigenvalue weighted by molar-refractivity contribution is 7.91. The zero-order chi connectivity index (χ0) is 14.9. The molecule has 1 atom stereocenters. The minimum Gasteiger partial charge on any atom is -0.373 e. The summed E-state index contributed by atoms with van der Waals surface area (Å²) >= 11 is 0. The normalized spacial score (nSPS) is 22.1. The van der Waals surface area contributed by atoms with Gasteiger partial charge in [0.1, 0.15) is 17.5 Å². The first-order valence-electron chi connectivity index (χ1n) is 6.86. The van der Waals surface area contributed by atoms with Crippen LogP contribution >= 0.6 is 0 Å². The maximum absolute atomic E-state index is 11.7. The van der Waals surface area contributed by atoms with Crippen molar-refractivity contribution in [2.75, 3.05) is 35.3 Å². The average molecular weight is 298 g/mol. The standard InChI is InChI=1S/C13H22N4O2S/c1-9(2)13-15-11(14-4)7-12(16-13)17-5-6-20(18,19)8-10(17)3/h7,9-10H,5-6,8H2,1-4H3,(H,14,15,16). The van der Waals surface area contributed by atoms with Gasteiger partial charge in [0.25, 0.3) is 0 Å². The van der Waals surface area contributed by atoms with Crippen LogP contribution in [0.1, 0.15) is 32.5 Å². The summed E-state index contributed by atoms with van der Waals surface area (Å²) in [5.41, 5.74) is 0. The van der Waals surface area contributed by atoms with Crippen molar-refractivity contribution in [1.29, 1.82) is 0 Å². The third kappa shape index (κ3) is 3.20. The molecule has 0 radical (unpaired) electrons. The molecule has 0 spiro atoms. The van der Waals surface area contributed by atoms with E-state index >= 15 is 0 Å². The topological polar surface area (TPSA) is 75.2 Å². The SMILES string of the molecule is CNc1cc(N2CCS(=O)(=O)CC2C)nc(C(C)C)n1. The van der Waals surface area contributed by atoms with E-state index < -0.39 is 9.84 Å². The Labute approximate surface area is 120 Å². The van der Waals surface area contributed by atoms with E-state index in [1.807, 2.05) is 33.9 Å². The largest absolute Gasteiger partial charge is 0.373 e. The van der Waals surface area contributed by atoms with Crippen molar-refractivity contribution in [3.8, 4) is 0 Å². The van der Waals surface area contributed by atoms with Crippen LogP contribution < -0.4 is 10.2 Å². The van der Waals surface area contributed by atoms with Gasteiger partial charge in [-0.15, -0.1) is 0 Å². The van der Waals surface area contributed by atoms with Gasteiger partial charge in [-0.2, -0.15) is 0 Å². The van der Waals surface area contributed by atoms with Crippen LogP contribution in [-0.2, 0) is 9.84 Å². The molecule has 1 saturated heterocycles. The second-order valence-electron chi connectivity index (χ2n) is 5.53. The second-order valence-corrected chi connectivity index (χ2v) is 7.76. The Morgan fingerprint density at radius 2 is 2.10 bits per heavy atom. The summed E-state index contributed by atoms with van der Waals surface area (Å²) in [6.45, 7) is 6.50. The number of sulfone groups is 1. The average Bonchev–Trinajstić information content (AvgIpc) is 2.37. The van der Waals surface area contributed by atoms with Gasteiger partial charge in [-0.25, -0.2) is 18.4 Å². The molecule has 1 fully saturated rings. The lowest BCUT2D eigenvalue weighted by atomic mass is 10.2. The fraction of sp³-hybridized carbons (Fsp3) is 0.692. The van der Waals surface area contributed by atoms with Gasteiger partial charge in [0, 0.05) is 31.6 Å². The molecule has 0 bridgehead atoms. The molecule has 0 amide bonds. The molecule has 112 valence electrons. The molecule has 1 aliphatic rings. The first-order chi connectivity index (χ1) is 9.32. The minimum absolute atomic E-state index is 0.0617. The Bertz CT molecular complexity index is 586. The molecule has 1 aromatic heterocycles. The fourth-order valence-electron chi connectivity index (χ4n) is 2.32. The molecule has 2 heterocycles. The third-order valence-corrected chi connectivity index (χ3v) is 5.26. The summed E-state index contributed by atoms with van der Waals surface area (Å²) in [5.74, 6) is 2.93. The lowest BCUT2D eigenvalue weighted by molar-refractivity contribution is 0.566. The van der Waals surface area contributed by atoms with Crippen molar-refractivity contribution in [2.24, 2.45) is 0 Å². The van der Waals surface area contributed by atoms with Gasteiger partial charge in [-0.3, -0.25) is 0 Å². The molecule has 20 heavy (non-hydrogen) atoms. The molecule has 0 saturated carbocycles. The van der Waals surface area contributed by atoms with E-state index in [9.17, 15) is 8.42 Å². The van der Waals surface area contributed by atoms with Crippen molar-refractivity contribution in [3.63, 3.8) is 0 Å². The molecule has 1 aromatic rings. The van der Waals surface area contributed by atoms with Crippen LogP contribution in [0.15, 0.2) is 6.07 Å². The van der Waals surface area contributed by atoms with Crippen LogP contribution in [0.5, 0.6) is 0 Å². The van der Waals surface area contributed by atoms with Gasteiger partial charge in [0.2, 0.25) is 0 Å². The predicted molar refractivity (Wildman–Crippen MR) is 81.1 cm³/mol. The summed E-state index contributed by atoms with van der Waals surface area (Å²) in [7, 11) is -1.10. The Hall–Kier alpha value is -1.37. The van der Waals surface area contributed by atoms with E-state index in [-0.39, 0.29) is 23.5 Å². The van der Waals surface area contributed by atoms with Crippen molar-refractivity contribution in [1.82, 2.24) is 9.97 Å². The van der Waals surface area contributed by atoms with E-state index in [1.54, 1.807) is 0 Å². The number of rotatable bonds is 3. The molecule has 2 rings (SSSR count). The Balaban J connectivity index is 2.35. The van der Waals surface area contributed by atoms with Gasteiger partial charge in [0.05, 0.1) is 11.5 Å². The van der Waals surface area contributed by atoms with Gasteiger partial charge in [-0.05, 0) is 6.92 Å². The van der Waals surface area contributed by atoms with Gasteiger partial charge in [-0.1, -0.05) is 13.8 Å². The highest BCUT2D eigenvalue weighted by atomic mass is 32.2. The van der Waals surface area contributed by atoms with Crippen LogP contribution in [0.4, 0.5) is 11.6 Å². The molecule has 1 N–H and O–H groups in total. The van der Waals surface area contributed by atoms with Crippen molar-refractivity contribution in [3.05, 3.63) is 11.9 Å². The number of hydrogen-bond donors (Lipinski definition) is 1. The lowest BCUT2D eigenvalue weighted by Crippen LogP contribution is -2.47. The number of aromatic nitrogens is 2. The molecule has 7 heteroatoms. The maximum Gasteiger partial charge on any atom is 0.154 e. The number of nitrogens with zero attached hydrogens (tertiary/aromatic N) is 3. The highest BCUT2D eigenvalue weighted by Crippen LogP contribution is 2.24. The Kier molecular flexibility index (Phi) is 4.17. The zero-order valence-corrected chi connectivity index (χ0v) is 13.2. The molecule has 1 unspecified atom stereocenters. The van der Waals surface area contributed by atoms with Crippen LogP contribution in [0, 0.1) is 0 Å². The smallest absolute Gasteiger partial charge is 0.154 e. The zero-order valence-electron chi connectivity index (χ0n) is 12.4. The van der Waals surface area contributed by atoms with Crippen molar-refractivity contribution >= 4 is 21.5 Å². The summed E-state index contributed by atoms with van der Waals surface area (Å²) in [6, 6.07) is 1.81. The molecule has 1 aliphatic heterocycles. The summed E-state index contributed by atoms with van der Waals surface area (Å²) in [4.78, 5) is 11.1. The van der Waals surface area contributed by atoms with Gasteiger partial charge < -0.3 is 10.2 Å². The van der Waals surface area contributed by atoms with Crippen LogP contribution in [-0.4, -0.2) is 49.5 Å². The monoisotopic (exact) mass is 298 g/mol. The third-order valence-electron chi connectivity index (χ3n) is 3.47. The first kappa shape index (κ1) is 15.0. The van der Waals surface area contributed by atoms with Crippen LogP contribution in [0.3, 0.4) is 0 Å². The maximum atomic E-state index is 11.7.